The lowest BCUT2D eigenvalue weighted by Gasteiger charge is -2.31. The second-order valence-corrected chi connectivity index (χ2v) is 13.9. The van der Waals surface area contributed by atoms with E-state index in [-0.39, 0.29) is 5.30 Å². The molecule has 1 spiro atoms. The van der Waals surface area contributed by atoms with Crippen LogP contribution in [0.1, 0.15) is 22.3 Å². The fraction of sp³-hybridized carbons (Fsp3) is 0.250. The minimum absolute atomic E-state index is 0.178. The number of methoxy groups -OCH3 is 1. The third kappa shape index (κ3) is 5.12. The number of hydrogen-bond acceptors (Lipinski definition) is 7. The number of benzene rings is 4. The SMILES string of the molecule is COCCOCCOCCSc1ccc2c(c1)C1(c3ccccc3-2)c2ccccc2-c2ccc(P(=O)([O-])OI)cc21. The third-order valence-electron chi connectivity index (χ3n) is 7.75. The second-order valence-electron chi connectivity index (χ2n) is 9.91. The van der Waals surface area contributed by atoms with Gasteiger partial charge in [-0.3, -0.25) is 2.85 Å². The van der Waals surface area contributed by atoms with Gasteiger partial charge in [0.25, 0.3) is 0 Å². The van der Waals surface area contributed by atoms with Gasteiger partial charge in [0.05, 0.1) is 38.4 Å². The molecule has 0 fully saturated rings. The van der Waals surface area contributed by atoms with E-state index in [1.807, 2.05) is 18.2 Å². The molecule has 2 unspecified atom stereocenters. The molecule has 0 amide bonds. The van der Waals surface area contributed by atoms with E-state index in [2.05, 4.69) is 60.7 Å². The first-order valence-electron chi connectivity index (χ1n) is 13.4. The van der Waals surface area contributed by atoms with Gasteiger partial charge >= 0.3 is 0 Å². The van der Waals surface area contributed by atoms with Crippen LogP contribution >= 0.6 is 42.4 Å². The van der Waals surface area contributed by atoms with E-state index in [0.717, 1.165) is 49.6 Å². The average Bonchev–Trinajstić information content (AvgIpc) is 3.47. The Hall–Kier alpha value is -2.01. The van der Waals surface area contributed by atoms with Crippen LogP contribution in [-0.2, 0) is 27.0 Å². The number of thioether (sulfide) groups is 1. The van der Waals surface area contributed by atoms with Crippen molar-refractivity contribution in [3.05, 3.63) is 107 Å². The summed E-state index contributed by atoms with van der Waals surface area (Å²) in [5, 5.41) is 0.178. The maximum absolute atomic E-state index is 12.9. The van der Waals surface area contributed by atoms with Crippen LogP contribution in [-0.4, -0.2) is 45.9 Å². The first-order valence-corrected chi connectivity index (χ1v) is 16.8. The number of rotatable bonds is 12. The van der Waals surface area contributed by atoms with Crippen molar-refractivity contribution in [2.24, 2.45) is 0 Å². The molecule has 41 heavy (non-hydrogen) atoms. The molecule has 6 nitrogen and oxygen atoms in total. The van der Waals surface area contributed by atoms with Gasteiger partial charge < -0.3 is 23.7 Å². The lowest BCUT2D eigenvalue weighted by molar-refractivity contribution is -0.183. The van der Waals surface area contributed by atoms with E-state index in [4.69, 9.17) is 17.1 Å². The van der Waals surface area contributed by atoms with E-state index in [1.54, 1.807) is 24.9 Å². The molecule has 2 aliphatic rings. The van der Waals surface area contributed by atoms with Crippen molar-refractivity contribution >= 4 is 47.7 Å². The van der Waals surface area contributed by atoms with E-state index < -0.39 is 13.0 Å². The maximum Gasteiger partial charge on any atom is 0.176 e. The zero-order valence-corrected chi connectivity index (χ0v) is 26.4. The Bertz CT molecular complexity index is 1610. The molecule has 0 saturated carbocycles. The summed E-state index contributed by atoms with van der Waals surface area (Å²) in [7, 11) is -2.56. The first-order chi connectivity index (χ1) is 20.0. The zero-order valence-electron chi connectivity index (χ0n) is 22.5. The summed E-state index contributed by atoms with van der Waals surface area (Å²) >= 11 is 3.21. The van der Waals surface area contributed by atoms with E-state index in [9.17, 15) is 9.46 Å². The van der Waals surface area contributed by atoms with Crippen LogP contribution in [0.25, 0.3) is 22.3 Å². The summed E-state index contributed by atoms with van der Waals surface area (Å²) in [5.41, 5.74) is 8.30. The second kappa shape index (κ2) is 12.3. The minimum atomic E-state index is -4.22. The quantitative estimate of drug-likeness (QED) is 0.0639. The highest BCUT2D eigenvalue weighted by Crippen LogP contribution is 2.63. The van der Waals surface area contributed by atoms with Crippen LogP contribution in [0.3, 0.4) is 0 Å². The number of halogens is 1. The number of hydrogen-bond donors (Lipinski definition) is 0. The Labute approximate surface area is 258 Å². The Morgan fingerprint density at radius 1 is 0.732 bits per heavy atom. The molecule has 2 atom stereocenters. The molecule has 0 N–H and O–H groups in total. The normalized spacial score (nSPS) is 17.6. The Morgan fingerprint density at radius 3 is 1.95 bits per heavy atom. The van der Waals surface area contributed by atoms with Crippen molar-refractivity contribution in [3.8, 4) is 22.3 Å². The molecule has 0 aromatic heterocycles. The van der Waals surface area contributed by atoms with Crippen LogP contribution in [0, 0.1) is 0 Å². The van der Waals surface area contributed by atoms with Crippen molar-refractivity contribution in [1.29, 1.82) is 0 Å². The molecule has 2 aliphatic carbocycles. The van der Waals surface area contributed by atoms with Crippen molar-refractivity contribution in [2.45, 2.75) is 10.3 Å². The van der Waals surface area contributed by atoms with Crippen LogP contribution in [0.15, 0.2) is 89.8 Å². The molecule has 4 aromatic carbocycles. The van der Waals surface area contributed by atoms with Gasteiger partial charge in [-0.2, -0.15) is 0 Å². The van der Waals surface area contributed by atoms with Crippen LogP contribution in [0.5, 0.6) is 0 Å². The molecular weight excluding hydrogens is 670 g/mol. The van der Waals surface area contributed by atoms with E-state index in [1.165, 1.54) is 28.6 Å². The molecule has 0 aliphatic heterocycles. The fourth-order valence-electron chi connectivity index (χ4n) is 6.09. The van der Waals surface area contributed by atoms with Crippen molar-refractivity contribution in [1.82, 2.24) is 0 Å². The maximum atomic E-state index is 12.9. The molecule has 0 bridgehead atoms. The van der Waals surface area contributed by atoms with Gasteiger partial charge in [0.2, 0.25) is 0 Å². The molecule has 212 valence electrons. The fourth-order valence-corrected chi connectivity index (χ4v) is 8.20. The smallest absolute Gasteiger partial charge is 0.176 e. The lowest BCUT2D eigenvalue weighted by atomic mass is 9.70. The van der Waals surface area contributed by atoms with Crippen molar-refractivity contribution in [3.63, 3.8) is 0 Å². The van der Waals surface area contributed by atoms with Gasteiger partial charge in [-0.05, 0) is 68.8 Å². The highest BCUT2D eigenvalue weighted by molar-refractivity contribution is 14.1. The monoisotopic (exact) mass is 699 g/mol. The highest BCUT2D eigenvalue weighted by atomic mass is 127. The first kappa shape index (κ1) is 29.1. The Morgan fingerprint density at radius 2 is 1.29 bits per heavy atom. The lowest BCUT2D eigenvalue weighted by Crippen LogP contribution is -2.27. The van der Waals surface area contributed by atoms with Gasteiger partial charge in [0.15, 0.2) is 7.60 Å². The van der Waals surface area contributed by atoms with Crippen LogP contribution in [0.2, 0.25) is 0 Å². The summed E-state index contributed by atoms with van der Waals surface area (Å²) in [4.78, 5) is 14.0. The molecule has 0 heterocycles. The largest absolute Gasteiger partial charge is 0.774 e. The summed E-state index contributed by atoms with van der Waals surface area (Å²) in [6.07, 6.45) is 0. The van der Waals surface area contributed by atoms with Crippen molar-refractivity contribution < 1.29 is 26.5 Å². The van der Waals surface area contributed by atoms with Gasteiger partial charge in [-0.15, -0.1) is 11.8 Å². The predicted molar refractivity (Wildman–Crippen MR) is 169 cm³/mol. The summed E-state index contributed by atoms with van der Waals surface area (Å²) in [5.74, 6) is 0.806. The Kier molecular flexibility index (Phi) is 8.73. The highest BCUT2D eigenvalue weighted by Gasteiger charge is 2.51. The average molecular weight is 700 g/mol. The molecule has 0 radical (unpaired) electrons. The van der Waals surface area contributed by atoms with Crippen LogP contribution < -0.4 is 10.2 Å². The van der Waals surface area contributed by atoms with Gasteiger partial charge in [-0.25, -0.2) is 0 Å². The minimum Gasteiger partial charge on any atom is -0.774 e. The summed E-state index contributed by atoms with van der Waals surface area (Å²) in [6, 6.07) is 28.9. The molecular formula is C32H29IO6PS-. The topological polar surface area (TPSA) is 77.1 Å². The standard InChI is InChI=1S/C32H30IO6PS/c1-36-14-15-37-16-17-38-18-19-41-23-11-13-27-25-7-3-5-9-29(25)32(31(27)21-23)28-8-4-2-6-24(28)26-12-10-22(20-30(26)32)40(34,35)39-33/h2-13,20-21H,14-19H2,1H3,(H,34,35)/p-1. The third-order valence-corrected chi connectivity index (χ3v) is 11.4. The van der Waals surface area contributed by atoms with E-state index in [0.29, 0.717) is 33.0 Å². The predicted octanol–water partition coefficient (Wildman–Crippen LogP) is 6.35. The Balaban J connectivity index is 1.38. The van der Waals surface area contributed by atoms with Crippen LogP contribution in [0.4, 0.5) is 0 Å². The molecule has 4 aromatic rings. The number of fused-ring (bicyclic) bond motifs is 10. The zero-order chi connectivity index (χ0) is 28.5. The van der Waals surface area contributed by atoms with Crippen molar-refractivity contribution in [2.75, 3.05) is 45.9 Å². The van der Waals surface area contributed by atoms with Gasteiger partial charge in [0, 0.05) is 23.1 Å². The van der Waals surface area contributed by atoms with Gasteiger partial charge in [0.1, 0.15) is 23.0 Å². The molecule has 6 rings (SSSR count). The van der Waals surface area contributed by atoms with E-state index >= 15 is 0 Å². The number of ether oxygens (including phenoxy) is 3. The summed E-state index contributed by atoms with van der Waals surface area (Å²) < 4.78 is 34.0. The van der Waals surface area contributed by atoms with Gasteiger partial charge in [-0.1, -0.05) is 60.7 Å². The summed E-state index contributed by atoms with van der Waals surface area (Å²) in [6.45, 7) is 2.86. The molecule has 9 heteroatoms. The molecule has 0 saturated heterocycles.